The van der Waals surface area contributed by atoms with Gasteiger partial charge in [0.1, 0.15) is 6.61 Å². The standard InChI is InChI=1S/C13H20N2O2/c1-13(2,10-16)15(17)9-11-5-7-12(8-6-11)14(3)4/h5-9,16H,10H2,1-4H3. The summed E-state index contributed by atoms with van der Waals surface area (Å²) in [5.41, 5.74) is 1.12. The molecule has 0 saturated carbocycles. The van der Waals surface area contributed by atoms with Crippen LogP contribution in [0.1, 0.15) is 19.4 Å². The number of anilines is 1. The summed E-state index contributed by atoms with van der Waals surface area (Å²) in [5.74, 6) is 0. The summed E-state index contributed by atoms with van der Waals surface area (Å²) >= 11 is 0. The molecule has 4 nitrogen and oxygen atoms in total. The zero-order chi connectivity index (χ0) is 13.1. The van der Waals surface area contributed by atoms with Crippen molar-refractivity contribution < 1.29 is 9.85 Å². The van der Waals surface area contributed by atoms with Crippen molar-refractivity contribution in [2.75, 3.05) is 25.6 Å². The molecule has 17 heavy (non-hydrogen) atoms. The number of hydrogen-bond donors (Lipinski definition) is 1. The minimum atomic E-state index is -0.791. The maximum atomic E-state index is 11.8. The van der Waals surface area contributed by atoms with E-state index >= 15 is 0 Å². The van der Waals surface area contributed by atoms with E-state index in [-0.39, 0.29) is 6.61 Å². The van der Waals surface area contributed by atoms with Crippen LogP contribution in [-0.2, 0) is 0 Å². The molecule has 0 bridgehead atoms. The van der Waals surface area contributed by atoms with E-state index in [2.05, 4.69) is 0 Å². The van der Waals surface area contributed by atoms with Gasteiger partial charge >= 0.3 is 0 Å². The number of hydroxylamine groups is 1. The van der Waals surface area contributed by atoms with Gasteiger partial charge in [-0.3, -0.25) is 0 Å². The third-order valence-corrected chi connectivity index (χ3v) is 2.66. The van der Waals surface area contributed by atoms with Crippen molar-refractivity contribution in [2.45, 2.75) is 19.4 Å². The van der Waals surface area contributed by atoms with Crippen molar-refractivity contribution in [3.8, 4) is 0 Å². The molecule has 0 radical (unpaired) electrons. The number of nitrogens with zero attached hydrogens (tertiary/aromatic N) is 2. The molecule has 0 amide bonds. The average molecular weight is 236 g/mol. The van der Waals surface area contributed by atoms with Crippen molar-refractivity contribution in [3.05, 3.63) is 35.0 Å². The molecule has 1 aromatic rings. The van der Waals surface area contributed by atoms with Gasteiger partial charge in [0, 0.05) is 39.2 Å². The van der Waals surface area contributed by atoms with Crippen LogP contribution in [0.3, 0.4) is 0 Å². The molecule has 1 N–H and O–H groups in total. The van der Waals surface area contributed by atoms with E-state index in [9.17, 15) is 5.21 Å². The highest BCUT2D eigenvalue weighted by atomic mass is 16.5. The Bertz CT molecular complexity index is 394. The Kier molecular flexibility index (Phi) is 4.12. The second-order valence-electron chi connectivity index (χ2n) is 4.91. The molecular weight excluding hydrogens is 216 g/mol. The highest BCUT2D eigenvalue weighted by molar-refractivity contribution is 5.76. The van der Waals surface area contributed by atoms with Crippen LogP contribution in [0.15, 0.2) is 24.3 Å². The van der Waals surface area contributed by atoms with Gasteiger partial charge in [-0.2, -0.15) is 0 Å². The quantitative estimate of drug-likeness (QED) is 0.372. The molecule has 0 aromatic heterocycles. The molecule has 1 aromatic carbocycles. The molecular formula is C13H20N2O2. The summed E-state index contributed by atoms with van der Waals surface area (Å²) in [7, 11) is 3.93. The number of aliphatic hydroxyl groups is 1. The topological polar surface area (TPSA) is 49.5 Å². The second-order valence-corrected chi connectivity index (χ2v) is 4.91. The van der Waals surface area contributed by atoms with E-state index in [0.29, 0.717) is 0 Å². The number of hydrogen-bond acceptors (Lipinski definition) is 3. The fourth-order valence-electron chi connectivity index (χ4n) is 1.24. The third-order valence-electron chi connectivity index (χ3n) is 2.66. The predicted octanol–water partition coefficient (Wildman–Crippen LogP) is 1.45. The lowest BCUT2D eigenvalue weighted by molar-refractivity contribution is -0.539. The van der Waals surface area contributed by atoms with Gasteiger partial charge in [-0.15, -0.1) is 0 Å². The zero-order valence-electron chi connectivity index (χ0n) is 10.8. The molecule has 0 saturated heterocycles. The Hall–Kier alpha value is -1.55. The molecule has 0 aliphatic rings. The lowest BCUT2D eigenvalue weighted by atomic mass is 10.1. The van der Waals surface area contributed by atoms with Gasteiger partial charge in [-0.25, -0.2) is 4.74 Å². The van der Waals surface area contributed by atoms with Crippen LogP contribution in [0.5, 0.6) is 0 Å². The molecule has 4 heteroatoms. The highest BCUT2D eigenvalue weighted by Gasteiger charge is 2.24. The van der Waals surface area contributed by atoms with Crippen molar-refractivity contribution in [1.29, 1.82) is 0 Å². The van der Waals surface area contributed by atoms with E-state index in [4.69, 9.17) is 5.11 Å². The van der Waals surface area contributed by atoms with Gasteiger partial charge in [0.15, 0.2) is 11.8 Å². The fraction of sp³-hybridized carbons (Fsp3) is 0.462. The van der Waals surface area contributed by atoms with Crippen LogP contribution in [0.2, 0.25) is 0 Å². The summed E-state index contributed by atoms with van der Waals surface area (Å²) in [6, 6.07) is 7.67. The second kappa shape index (κ2) is 5.19. The Morgan fingerprint density at radius 3 is 2.24 bits per heavy atom. The van der Waals surface area contributed by atoms with Crippen molar-refractivity contribution >= 4 is 11.9 Å². The Morgan fingerprint density at radius 1 is 1.29 bits per heavy atom. The summed E-state index contributed by atoms with van der Waals surface area (Å²) < 4.78 is 0.789. The maximum Gasteiger partial charge on any atom is 0.190 e. The molecule has 0 unspecified atom stereocenters. The van der Waals surface area contributed by atoms with Crippen molar-refractivity contribution in [2.24, 2.45) is 0 Å². The first-order chi connectivity index (χ1) is 7.86. The first-order valence-electron chi connectivity index (χ1n) is 5.56. The summed E-state index contributed by atoms with van der Waals surface area (Å²) in [6.07, 6.45) is 1.50. The van der Waals surface area contributed by atoms with Gasteiger partial charge in [0.25, 0.3) is 0 Å². The molecule has 94 valence electrons. The highest BCUT2D eigenvalue weighted by Crippen LogP contribution is 2.12. The lowest BCUT2D eigenvalue weighted by Crippen LogP contribution is -2.37. The van der Waals surface area contributed by atoms with Gasteiger partial charge in [-0.05, 0) is 24.3 Å². The van der Waals surface area contributed by atoms with E-state index in [1.807, 2.05) is 43.3 Å². The first-order valence-corrected chi connectivity index (χ1v) is 5.56. The van der Waals surface area contributed by atoms with E-state index in [0.717, 1.165) is 16.0 Å². The van der Waals surface area contributed by atoms with Gasteiger partial charge < -0.3 is 15.2 Å². The van der Waals surface area contributed by atoms with Gasteiger partial charge in [0.2, 0.25) is 0 Å². The van der Waals surface area contributed by atoms with Crippen molar-refractivity contribution in [3.63, 3.8) is 0 Å². The fourth-order valence-corrected chi connectivity index (χ4v) is 1.24. The number of rotatable bonds is 4. The van der Waals surface area contributed by atoms with Gasteiger partial charge in [0.05, 0.1) is 0 Å². The van der Waals surface area contributed by atoms with Crippen LogP contribution in [0, 0.1) is 5.21 Å². The lowest BCUT2D eigenvalue weighted by Gasteiger charge is -2.21. The van der Waals surface area contributed by atoms with Crippen LogP contribution >= 0.6 is 0 Å². The van der Waals surface area contributed by atoms with Crippen LogP contribution in [0.4, 0.5) is 5.69 Å². The Labute approximate surface area is 102 Å². The molecule has 0 atom stereocenters. The van der Waals surface area contributed by atoms with E-state index in [1.54, 1.807) is 13.8 Å². The third kappa shape index (κ3) is 3.46. The smallest absolute Gasteiger partial charge is 0.190 e. The van der Waals surface area contributed by atoms with Crippen LogP contribution < -0.4 is 4.90 Å². The Morgan fingerprint density at radius 2 is 1.82 bits per heavy atom. The average Bonchev–Trinajstić information content (AvgIpc) is 2.29. The first kappa shape index (κ1) is 13.5. The number of aliphatic hydroxyl groups excluding tert-OH is 1. The zero-order valence-corrected chi connectivity index (χ0v) is 10.8. The predicted molar refractivity (Wildman–Crippen MR) is 70.7 cm³/mol. The summed E-state index contributed by atoms with van der Waals surface area (Å²) in [5, 5.41) is 20.9. The normalized spacial score (nSPS) is 12.6. The summed E-state index contributed by atoms with van der Waals surface area (Å²) in [6.45, 7) is 3.22. The molecule has 0 heterocycles. The molecule has 0 aliphatic carbocycles. The van der Waals surface area contributed by atoms with Crippen LogP contribution in [-0.4, -0.2) is 42.3 Å². The minimum Gasteiger partial charge on any atom is -0.623 e. The Balaban J connectivity index is 2.92. The molecule has 0 spiro atoms. The SMILES string of the molecule is CN(C)c1ccc(C=[N+]([O-])C(C)(C)CO)cc1. The maximum absolute atomic E-state index is 11.8. The molecule has 0 aliphatic heterocycles. The summed E-state index contributed by atoms with van der Waals surface area (Å²) in [4.78, 5) is 2.00. The van der Waals surface area contributed by atoms with Crippen molar-refractivity contribution in [1.82, 2.24) is 0 Å². The van der Waals surface area contributed by atoms with E-state index < -0.39 is 5.54 Å². The van der Waals surface area contributed by atoms with E-state index in [1.165, 1.54) is 6.21 Å². The van der Waals surface area contributed by atoms with Gasteiger partial charge in [-0.1, -0.05) is 0 Å². The largest absolute Gasteiger partial charge is 0.623 e. The molecule has 0 fully saturated rings. The van der Waals surface area contributed by atoms with Crippen LogP contribution in [0.25, 0.3) is 0 Å². The molecule has 1 rings (SSSR count). The number of benzene rings is 1. The minimum absolute atomic E-state index is 0.178. The monoisotopic (exact) mass is 236 g/mol.